The number of hydrogen-bond donors (Lipinski definition) is 1. The van der Waals surface area contributed by atoms with E-state index in [9.17, 15) is 8.78 Å². The summed E-state index contributed by atoms with van der Waals surface area (Å²) in [5.41, 5.74) is 0.0756. The highest BCUT2D eigenvalue weighted by molar-refractivity contribution is 5.07. The van der Waals surface area contributed by atoms with Crippen LogP contribution in [0.1, 0.15) is 18.5 Å². The molecule has 3 rings (SSSR count). The third-order valence-corrected chi connectivity index (χ3v) is 4.40. The predicted molar refractivity (Wildman–Crippen MR) is 69.0 cm³/mol. The number of nitrogens with zero attached hydrogens (tertiary/aromatic N) is 2. The summed E-state index contributed by atoms with van der Waals surface area (Å²) in [6.45, 7) is 2.71. The second-order valence-corrected chi connectivity index (χ2v) is 5.69. The molecule has 2 saturated heterocycles. The zero-order chi connectivity index (χ0) is 13.3. The normalized spacial score (nSPS) is 30.8. The van der Waals surface area contributed by atoms with Crippen molar-refractivity contribution >= 4 is 0 Å². The van der Waals surface area contributed by atoms with Crippen molar-refractivity contribution in [1.82, 2.24) is 15.2 Å². The smallest absolute Gasteiger partial charge is 0.257 e. The van der Waals surface area contributed by atoms with Crippen LogP contribution in [-0.4, -0.2) is 42.0 Å². The summed E-state index contributed by atoms with van der Waals surface area (Å²) >= 11 is 0. The molecule has 0 bridgehead atoms. The van der Waals surface area contributed by atoms with Gasteiger partial charge in [0.2, 0.25) is 0 Å². The quantitative estimate of drug-likeness (QED) is 0.887. The van der Waals surface area contributed by atoms with E-state index in [1.165, 1.54) is 0 Å². The van der Waals surface area contributed by atoms with E-state index in [1.807, 2.05) is 18.2 Å². The van der Waals surface area contributed by atoms with Crippen molar-refractivity contribution in [3.05, 3.63) is 30.1 Å². The van der Waals surface area contributed by atoms with Gasteiger partial charge in [-0.25, -0.2) is 8.78 Å². The van der Waals surface area contributed by atoms with Gasteiger partial charge < -0.3 is 5.32 Å². The van der Waals surface area contributed by atoms with Crippen molar-refractivity contribution in [2.75, 3.05) is 26.2 Å². The molecule has 3 nitrogen and oxygen atoms in total. The Morgan fingerprint density at radius 2 is 2.21 bits per heavy atom. The average molecular weight is 267 g/mol. The maximum Gasteiger partial charge on any atom is 0.257 e. The van der Waals surface area contributed by atoms with E-state index in [1.54, 1.807) is 6.20 Å². The van der Waals surface area contributed by atoms with Crippen molar-refractivity contribution in [2.24, 2.45) is 5.41 Å². The lowest BCUT2D eigenvalue weighted by Gasteiger charge is -2.41. The fourth-order valence-electron chi connectivity index (χ4n) is 3.22. The standard InChI is InChI=1S/C14H19F2N3/c15-14(16)4-7-17-10-13(14)5-8-19(11-13)9-12-3-1-2-6-18-12/h1-3,6,17H,4-5,7-11H2/t13-/m0/s1. The third-order valence-electron chi connectivity index (χ3n) is 4.40. The molecule has 0 aliphatic carbocycles. The van der Waals surface area contributed by atoms with Crippen LogP contribution in [0.4, 0.5) is 8.78 Å². The number of nitrogens with one attached hydrogen (secondary N) is 1. The van der Waals surface area contributed by atoms with Crippen LogP contribution < -0.4 is 5.32 Å². The SMILES string of the molecule is FC1(F)CCNC[C@]12CCN(Cc1ccccn1)C2. The first-order valence-electron chi connectivity index (χ1n) is 6.82. The van der Waals surface area contributed by atoms with Crippen molar-refractivity contribution in [1.29, 1.82) is 0 Å². The van der Waals surface area contributed by atoms with E-state index in [-0.39, 0.29) is 6.42 Å². The van der Waals surface area contributed by atoms with Crippen LogP contribution in [0.5, 0.6) is 0 Å². The highest BCUT2D eigenvalue weighted by Gasteiger charge is 2.57. The average Bonchev–Trinajstić information content (AvgIpc) is 2.80. The minimum Gasteiger partial charge on any atom is -0.316 e. The Kier molecular flexibility index (Phi) is 3.27. The largest absolute Gasteiger partial charge is 0.316 e. The highest BCUT2D eigenvalue weighted by Crippen LogP contribution is 2.47. The van der Waals surface area contributed by atoms with Crippen molar-refractivity contribution in [3.8, 4) is 0 Å². The molecule has 0 unspecified atom stereocenters. The van der Waals surface area contributed by atoms with Crippen LogP contribution in [-0.2, 0) is 6.54 Å². The van der Waals surface area contributed by atoms with Gasteiger partial charge in [-0.2, -0.15) is 0 Å². The van der Waals surface area contributed by atoms with Crippen LogP contribution in [0.25, 0.3) is 0 Å². The van der Waals surface area contributed by atoms with Gasteiger partial charge in [0.1, 0.15) is 0 Å². The molecule has 2 aliphatic heterocycles. The van der Waals surface area contributed by atoms with Gasteiger partial charge in [0, 0.05) is 38.8 Å². The minimum absolute atomic E-state index is 0.0373. The Morgan fingerprint density at radius 1 is 1.32 bits per heavy atom. The van der Waals surface area contributed by atoms with Gasteiger partial charge in [0.25, 0.3) is 5.92 Å². The zero-order valence-electron chi connectivity index (χ0n) is 10.9. The lowest BCUT2D eigenvalue weighted by atomic mass is 9.76. The second-order valence-electron chi connectivity index (χ2n) is 5.69. The Morgan fingerprint density at radius 3 is 2.95 bits per heavy atom. The lowest BCUT2D eigenvalue weighted by molar-refractivity contribution is -0.135. The first-order chi connectivity index (χ1) is 9.11. The molecule has 104 valence electrons. The second kappa shape index (κ2) is 4.80. The number of aromatic nitrogens is 1. The van der Waals surface area contributed by atoms with E-state index in [2.05, 4.69) is 15.2 Å². The fraction of sp³-hybridized carbons (Fsp3) is 0.643. The van der Waals surface area contributed by atoms with E-state index >= 15 is 0 Å². The van der Waals surface area contributed by atoms with Crippen molar-refractivity contribution in [3.63, 3.8) is 0 Å². The molecule has 1 aromatic heterocycles. The first kappa shape index (κ1) is 12.9. The van der Waals surface area contributed by atoms with E-state index in [0.717, 1.165) is 12.2 Å². The molecule has 19 heavy (non-hydrogen) atoms. The molecule has 5 heteroatoms. The maximum atomic E-state index is 14.2. The van der Waals surface area contributed by atoms with Gasteiger partial charge in [-0.3, -0.25) is 9.88 Å². The van der Waals surface area contributed by atoms with Crippen molar-refractivity contribution in [2.45, 2.75) is 25.3 Å². The number of hydrogen-bond acceptors (Lipinski definition) is 3. The molecule has 3 heterocycles. The summed E-state index contributed by atoms with van der Waals surface area (Å²) in [5, 5.41) is 3.14. The topological polar surface area (TPSA) is 28.2 Å². The summed E-state index contributed by atoms with van der Waals surface area (Å²) in [5.74, 6) is -2.54. The Hall–Kier alpha value is -1.07. The molecule has 1 spiro atoms. The number of pyridine rings is 1. The fourth-order valence-corrected chi connectivity index (χ4v) is 3.22. The molecule has 1 atom stereocenters. The number of piperidine rings is 1. The Balaban J connectivity index is 1.69. The molecule has 0 aromatic carbocycles. The number of likely N-dealkylation sites (tertiary alicyclic amines) is 1. The van der Waals surface area contributed by atoms with Crippen LogP contribution in [0.3, 0.4) is 0 Å². The van der Waals surface area contributed by atoms with Gasteiger partial charge >= 0.3 is 0 Å². The predicted octanol–water partition coefficient (Wildman–Crippen LogP) is 1.90. The highest BCUT2D eigenvalue weighted by atomic mass is 19.3. The van der Waals surface area contributed by atoms with Gasteiger partial charge in [-0.15, -0.1) is 0 Å². The monoisotopic (exact) mass is 267 g/mol. The summed E-state index contributed by atoms with van der Waals surface area (Å²) in [6.07, 6.45) is 2.28. The molecule has 0 amide bonds. The minimum atomic E-state index is -2.54. The van der Waals surface area contributed by atoms with Gasteiger partial charge in [-0.05, 0) is 25.1 Å². The van der Waals surface area contributed by atoms with E-state index in [4.69, 9.17) is 0 Å². The van der Waals surface area contributed by atoms with Crippen LogP contribution in [0.15, 0.2) is 24.4 Å². The first-order valence-corrected chi connectivity index (χ1v) is 6.82. The molecule has 1 N–H and O–H groups in total. The van der Waals surface area contributed by atoms with Gasteiger partial charge in [0.15, 0.2) is 0 Å². The maximum absolute atomic E-state index is 14.2. The summed E-state index contributed by atoms with van der Waals surface area (Å²) in [6, 6.07) is 5.75. The summed E-state index contributed by atoms with van der Waals surface area (Å²) in [4.78, 5) is 6.37. The van der Waals surface area contributed by atoms with Gasteiger partial charge in [0.05, 0.1) is 11.1 Å². The molecule has 2 aliphatic rings. The van der Waals surface area contributed by atoms with Crippen LogP contribution >= 0.6 is 0 Å². The third kappa shape index (κ3) is 2.37. The molecular formula is C14H19F2N3. The van der Waals surface area contributed by atoms with Crippen molar-refractivity contribution < 1.29 is 8.78 Å². The van der Waals surface area contributed by atoms with Gasteiger partial charge in [-0.1, -0.05) is 6.07 Å². The number of halogens is 2. The Labute approximate surface area is 112 Å². The summed E-state index contributed by atoms with van der Waals surface area (Å²) < 4.78 is 28.4. The Bertz CT molecular complexity index is 438. The molecule has 1 aromatic rings. The lowest BCUT2D eigenvalue weighted by Crippen LogP contribution is -2.55. The zero-order valence-corrected chi connectivity index (χ0v) is 10.9. The van der Waals surface area contributed by atoms with E-state index in [0.29, 0.717) is 32.6 Å². The molecule has 2 fully saturated rings. The molecule has 0 radical (unpaired) electrons. The number of rotatable bonds is 2. The summed E-state index contributed by atoms with van der Waals surface area (Å²) in [7, 11) is 0. The van der Waals surface area contributed by atoms with Crippen LogP contribution in [0, 0.1) is 5.41 Å². The number of alkyl halides is 2. The molecular weight excluding hydrogens is 248 g/mol. The van der Waals surface area contributed by atoms with E-state index < -0.39 is 11.3 Å². The van der Waals surface area contributed by atoms with Crippen LogP contribution in [0.2, 0.25) is 0 Å². The molecule has 0 saturated carbocycles.